The summed E-state index contributed by atoms with van der Waals surface area (Å²) in [5.74, 6) is -2.09. The smallest absolute Gasteiger partial charge is 0.307 e. The van der Waals surface area contributed by atoms with Crippen LogP contribution in [0.3, 0.4) is 0 Å². The predicted octanol–water partition coefficient (Wildman–Crippen LogP) is 2.26. The Morgan fingerprint density at radius 1 is 1.50 bits per heavy atom. The number of hydrogen-bond acceptors (Lipinski definition) is 3. The van der Waals surface area contributed by atoms with Crippen LogP contribution >= 0.6 is 15.9 Å². The molecule has 5 nitrogen and oxygen atoms in total. The maximum atomic E-state index is 13.2. The van der Waals surface area contributed by atoms with Gasteiger partial charge in [0.2, 0.25) is 5.82 Å². The minimum atomic E-state index is -1.12. The Labute approximate surface area is 98.2 Å². The van der Waals surface area contributed by atoms with Gasteiger partial charge in [0.1, 0.15) is 0 Å². The van der Waals surface area contributed by atoms with Crippen molar-refractivity contribution in [3.8, 4) is 0 Å². The monoisotopic (exact) mass is 291 g/mol. The summed E-state index contributed by atoms with van der Waals surface area (Å²) in [5.41, 5.74) is -0.0797. The van der Waals surface area contributed by atoms with E-state index >= 15 is 0 Å². The van der Waals surface area contributed by atoms with E-state index in [2.05, 4.69) is 15.9 Å². The Balaban J connectivity index is 3.28. The van der Waals surface area contributed by atoms with E-state index in [1.807, 2.05) is 0 Å². The first-order valence-electron chi connectivity index (χ1n) is 4.19. The molecule has 0 unspecified atom stereocenters. The zero-order chi connectivity index (χ0) is 12.3. The Morgan fingerprint density at radius 2 is 2.12 bits per heavy atom. The fourth-order valence-corrected chi connectivity index (χ4v) is 1.76. The van der Waals surface area contributed by atoms with Crippen molar-refractivity contribution in [2.45, 2.75) is 11.8 Å². The third-order valence-corrected chi connectivity index (χ3v) is 2.56. The number of aliphatic carboxylic acids is 1. The molecule has 0 heterocycles. The van der Waals surface area contributed by atoms with Gasteiger partial charge >= 0.3 is 11.7 Å². The normalized spacial score (nSPS) is 10.1. The SMILES string of the molecule is O=C(O)Cc1cc([N+](=O)[O-])c(F)cc1CBr. The maximum absolute atomic E-state index is 13.2. The van der Waals surface area contributed by atoms with Crippen LogP contribution in [0.25, 0.3) is 0 Å². The first-order chi connectivity index (χ1) is 7.45. The van der Waals surface area contributed by atoms with Gasteiger partial charge < -0.3 is 5.11 Å². The average molecular weight is 292 g/mol. The summed E-state index contributed by atoms with van der Waals surface area (Å²) in [4.78, 5) is 20.1. The number of nitro benzene ring substituents is 1. The molecule has 0 spiro atoms. The number of benzene rings is 1. The molecule has 0 aromatic heterocycles. The molecule has 1 rings (SSSR count). The number of carbonyl (C=O) groups is 1. The van der Waals surface area contributed by atoms with Gasteiger partial charge in [0, 0.05) is 11.4 Å². The second-order valence-electron chi connectivity index (χ2n) is 3.03. The number of nitrogens with zero attached hydrogens (tertiary/aromatic N) is 1. The van der Waals surface area contributed by atoms with E-state index in [0.717, 1.165) is 12.1 Å². The first kappa shape index (κ1) is 12.6. The van der Waals surface area contributed by atoms with Crippen LogP contribution in [0.1, 0.15) is 11.1 Å². The summed E-state index contributed by atoms with van der Waals surface area (Å²) in [6.45, 7) is 0. The summed E-state index contributed by atoms with van der Waals surface area (Å²) in [7, 11) is 0. The highest BCUT2D eigenvalue weighted by molar-refractivity contribution is 9.08. The van der Waals surface area contributed by atoms with Crippen LogP contribution in [0.2, 0.25) is 0 Å². The Hall–Kier alpha value is -1.50. The number of hydrogen-bond donors (Lipinski definition) is 1. The lowest BCUT2D eigenvalue weighted by Crippen LogP contribution is -2.05. The van der Waals surface area contributed by atoms with Gasteiger partial charge in [-0.1, -0.05) is 15.9 Å². The molecule has 0 aliphatic heterocycles. The summed E-state index contributed by atoms with van der Waals surface area (Å²) < 4.78 is 13.2. The highest BCUT2D eigenvalue weighted by atomic mass is 79.9. The summed E-state index contributed by atoms with van der Waals surface area (Å²) in [6.07, 6.45) is -0.373. The minimum absolute atomic E-state index is 0.234. The number of alkyl halides is 1. The van der Waals surface area contributed by atoms with Gasteiger partial charge in [-0.15, -0.1) is 0 Å². The number of carboxylic acids is 1. The first-order valence-corrected chi connectivity index (χ1v) is 5.31. The fraction of sp³-hybridized carbons (Fsp3) is 0.222. The minimum Gasteiger partial charge on any atom is -0.481 e. The molecule has 0 atom stereocenters. The van der Waals surface area contributed by atoms with Crippen molar-refractivity contribution in [1.82, 2.24) is 0 Å². The highest BCUT2D eigenvalue weighted by Gasteiger charge is 2.18. The molecule has 0 saturated heterocycles. The van der Waals surface area contributed by atoms with Crippen LogP contribution in [0.5, 0.6) is 0 Å². The van der Waals surface area contributed by atoms with Gasteiger partial charge in [0.25, 0.3) is 0 Å². The van der Waals surface area contributed by atoms with E-state index in [-0.39, 0.29) is 17.3 Å². The van der Waals surface area contributed by atoms with Gasteiger partial charge in [-0.3, -0.25) is 14.9 Å². The predicted molar refractivity (Wildman–Crippen MR) is 57.0 cm³/mol. The molecule has 1 aromatic rings. The van der Waals surface area contributed by atoms with E-state index in [1.54, 1.807) is 0 Å². The molecule has 0 amide bonds. The largest absolute Gasteiger partial charge is 0.481 e. The topological polar surface area (TPSA) is 80.4 Å². The molecule has 1 N–H and O–H groups in total. The van der Waals surface area contributed by atoms with Crippen molar-refractivity contribution >= 4 is 27.6 Å². The summed E-state index contributed by atoms with van der Waals surface area (Å²) >= 11 is 3.06. The molecule has 0 bridgehead atoms. The molecule has 1 aromatic carbocycles. The van der Waals surface area contributed by atoms with Gasteiger partial charge in [-0.25, -0.2) is 0 Å². The Kier molecular flexibility index (Phi) is 3.94. The molecule has 0 fully saturated rings. The summed E-state index contributed by atoms with van der Waals surface area (Å²) in [5, 5.41) is 19.3. The molecule has 0 aliphatic carbocycles. The van der Waals surface area contributed by atoms with Crippen molar-refractivity contribution in [3.63, 3.8) is 0 Å². The lowest BCUT2D eigenvalue weighted by atomic mass is 10.0. The molecular formula is C9H7BrFNO4. The van der Waals surface area contributed by atoms with Crippen molar-refractivity contribution in [2.24, 2.45) is 0 Å². The zero-order valence-electron chi connectivity index (χ0n) is 7.94. The zero-order valence-corrected chi connectivity index (χ0v) is 9.53. The molecule has 7 heteroatoms. The van der Waals surface area contributed by atoms with Crippen LogP contribution in [-0.4, -0.2) is 16.0 Å². The fourth-order valence-electron chi connectivity index (χ4n) is 1.24. The lowest BCUT2D eigenvalue weighted by Gasteiger charge is -2.05. The van der Waals surface area contributed by atoms with Crippen molar-refractivity contribution < 1.29 is 19.2 Å². The molecule has 0 radical (unpaired) electrons. The van der Waals surface area contributed by atoms with E-state index in [9.17, 15) is 19.3 Å². The van der Waals surface area contributed by atoms with E-state index in [1.165, 1.54) is 0 Å². The molecular weight excluding hydrogens is 285 g/mol. The second-order valence-corrected chi connectivity index (χ2v) is 3.59. The average Bonchev–Trinajstić information content (AvgIpc) is 2.18. The van der Waals surface area contributed by atoms with Crippen LogP contribution in [-0.2, 0) is 16.5 Å². The van der Waals surface area contributed by atoms with Gasteiger partial charge in [-0.2, -0.15) is 4.39 Å². The molecule has 16 heavy (non-hydrogen) atoms. The number of halogens is 2. The number of carboxylic acid groups (broad SMARTS) is 1. The van der Waals surface area contributed by atoms with Crippen LogP contribution < -0.4 is 0 Å². The van der Waals surface area contributed by atoms with Crippen molar-refractivity contribution in [1.29, 1.82) is 0 Å². The number of nitro groups is 1. The maximum Gasteiger partial charge on any atom is 0.307 e. The van der Waals surface area contributed by atoms with Gasteiger partial charge in [0.15, 0.2) is 0 Å². The van der Waals surface area contributed by atoms with E-state index in [0.29, 0.717) is 5.56 Å². The van der Waals surface area contributed by atoms with Gasteiger partial charge in [-0.05, 0) is 17.2 Å². The number of rotatable bonds is 4. The third kappa shape index (κ3) is 2.75. The molecule has 0 saturated carbocycles. The van der Waals surface area contributed by atoms with Crippen LogP contribution in [0.15, 0.2) is 12.1 Å². The van der Waals surface area contributed by atoms with Crippen LogP contribution in [0, 0.1) is 15.9 Å². The van der Waals surface area contributed by atoms with E-state index < -0.39 is 22.4 Å². The molecule has 0 aliphatic rings. The standard InChI is InChI=1S/C9H7BrFNO4/c10-4-6-1-7(11)8(12(15)16)2-5(6)3-9(13)14/h1-2H,3-4H2,(H,13,14). The molecule has 86 valence electrons. The van der Waals surface area contributed by atoms with E-state index in [4.69, 9.17) is 5.11 Å². The summed E-state index contributed by atoms with van der Waals surface area (Å²) in [6, 6.07) is 1.94. The Morgan fingerprint density at radius 3 is 2.56 bits per heavy atom. The van der Waals surface area contributed by atoms with Crippen LogP contribution in [0.4, 0.5) is 10.1 Å². The quantitative estimate of drug-likeness (QED) is 0.524. The van der Waals surface area contributed by atoms with Crippen molar-refractivity contribution in [3.05, 3.63) is 39.2 Å². The van der Waals surface area contributed by atoms with Gasteiger partial charge in [0.05, 0.1) is 11.3 Å². The third-order valence-electron chi connectivity index (χ3n) is 1.95. The van der Waals surface area contributed by atoms with Crippen molar-refractivity contribution in [2.75, 3.05) is 0 Å². The lowest BCUT2D eigenvalue weighted by molar-refractivity contribution is -0.387. The Bertz CT molecular complexity index is 449. The second kappa shape index (κ2) is 5.02. The highest BCUT2D eigenvalue weighted by Crippen LogP contribution is 2.24.